The van der Waals surface area contributed by atoms with E-state index in [4.69, 9.17) is 13.6 Å². The number of aromatic nitrogens is 6. The number of likely N-dealkylation sites (tertiary alicyclic amines) is 2. The molecule has 374 valence electrons. The van der Waals surface area contributed by atoms with Gasteiger partial charge in [0.2, 0.25) is 11.8 Å². The second-order valence-electron chi connectivity index (χ2n) is 17.8. The molecule has 4 amide bonds. The Bertz CT molecular complexity index is 2960. The lowest BCUT2D eigenvalue weighted by molar-refractivity contribution is -0.174. The van der Waals surface area contributed by atoms with Gasteiger partial charge in [0.25, 0.3) is 11.8 Å². The maximum atomic E-state index is 15.1. The van der Waals surface area contributed by atoms with Gasteiger partial charge in [-0.15, -0.1) is 20.4 Å². The van der Waals surface area contributed by atoms with Crippen molar-refractivity contribution in [3.05, 3.63) is 125 Å². The van der Waals surface area contributed by atoms with E-state index in [1.54, 1.807) is 37.7 Å². The number of alkyl halides is 3. The number of hydrogen-bond acceptors (Lipinski definition) is 11. The first kappa shape index (κ1) is 50.1. The van der Waals surface area contributed by atoms with Gasteiger partial charge in [-0.05, 0) is 100 Å². The average molecular weight is 984 g/mol. The number of ether oxygens (including phenoxy) is 1. The van der Waals surface area contributed by atoms with Crippen LogP contribution in [0.1, 0.15) is 67.8 Å². The van der Waals surface area contributed by atoms with Crippen molar-refractivity contribution in [2.75, 3.05) is 62.8 Å². The third-order valence-corrected chi connectivity index (χ3v) is 12.4. The molecule has 0 aliphatic carbocycles. The van der Waals surface area contributed by atoms with Crippen LogP contribution in [0.5, 0.6) is 0 Å². The van der Waals surface area contributed by atoms with Gasteiger partial charge in [0.05, 0.1) is 43.4 Å². The molecule has 1 atom stereocenters. The second kappa shape index (κ2) is 21.8. The minimum atomic E-state index is -2.91. The number of hydrogen-bond donors (Lipinski definition) is 1. The highest BCUT2D eigenvalue weighted by atomic mass is 19.3. The number of anilines is 2. The Balaban J connectivity index is 0.000000177. The standard InChI is InChI=1S/C24H24F2N4O3.C23H21F3N6O2.C3H9N/c1-15-4-3-5-19(8-15)30(23(31)29-11-24(12-29)13-32-14-24)10-18-7-6-17(9-20(18)26)22-28-27-21(33-22)16(2)25;1-30-19-11-17(7-6-15(19)12-27-30)32(23(33)31-8-2-3-9-31)13-16-5-4-14(10-18(16)24)21-28-29-22(34-21)20(25)26;1-3-4-2/h3-9,16H,10-14H2,1-2H3;4-7,10-12,20H,2-3,8-9,13H2,1H3;4H,3H2,1-2H3. The average Bonchev–Trinajstić information content (AvgIpc) is 4.19. The Morgan fingerprint density at radius 3 is 1.82 bits per heavy atom. The molecule has 3 saturated heterocycles. The molecule has 1 unspecified atom stereocenters. The van der Waals surface area contributed by atoms with Crippen LogP contribution in [-0.2, 0) is 24.9 Å². The molecule has 1 N–H and O–H groups in total. The van der Waals surface area contributed by atoms with Crippen LogP contribution in [0.2, 0.25) is 0 Å². The van der Waals surface area contributed by atoms with E-state index in [0.717, 1.165) is 41.9 Å². The molecule has 0 saturated carbocycles. The highest BCUT2D eigenvalue weighted by Crippen LogP contribution is 2.39. The monoisotopic (exact) mass is 983 g/mol. The van der Waals surface area contributed by atoms with Gasteiger partial charge < -0.3 is 28.7 Å². The summed E-state index contributed by atoms with van der Waals surface area (Å²) in [5.41, 5.74) is 4.38. The maximum absolute atomic E-state index is 15.1. The van der Waals surface area contributed by atoms with Gasteiger partial charge in [-0.3, -0.25) is 14.5 Å². The van der Waals surface area contributed by atoms with Gasteiger partial charge in [-0.1, -0.05) is 31.2 Å². The van der Waals surface area contributed by atoms with Gasteiger partial charge in [-0.25, -0.2) is 22.8 Å². The zero-order valence-corrected chi connectivity index (χ0v) is 39.9. The number of benzene rings is 4. The van der Waals surface area contributed by atoms with Crippen molar-refractivity contribution in [2.24, 2.45) is 12.5 Å². The van der Waals surface area contributed by atoms with E-state index in [0.29, 0.717) is 61.9 Å². The minimum Gasteiger partial charge on any atom is -0.418 e. The Morgan fingerprint density at radius 2 is 1.32 bits per heavy atom. The lowest BCUT2D eigenvalue weighted by atomic mass is 9.78. The van der Waals surface area contributed by atoms with Gasteiger partial charge >= 0.3 is 18.5 Å². The fourth-order valence-corrected chi connectivity index (χ4v) is 8.27. The molecular weight excluding hydrogens is 930 g/mol. The van der Waals surface area contributed by atoms with Crippen LogP contribution in [0.3, 0.4) is 0 Å². The third kappa shape index (κ3) is 11.4. The number of carbonyl (C=O) groups is 2. The lowest BCUT2D eigenvalue weighted by Gasteiger charge is -2.55. The van der Waals surface area contributed by atoms with Crippen LogP contribution in [-0.4, -0.2) is 105 Å². The van der Waals surface area contributed by atoms with Crippen LogP contribution < -0.4 is 15.1 Å². The van der Waals surface area contributed by atoms with E-state index in [9.17, 15) is 22.8 Å². The van der Waals surface area contributed by atoms with Crippen molar-refractivity contribution < 1.29 is 45.1 Å². The summed E-state index contributed by atoms with van der Waals surface area (Å²) in [6, 6.07) is 21.3. The highest BCUT2D eigenvalue weighted by molar-refractivity contribution is 5.95. The van der Waals surface area contributed by atoms with Gasteiger partial charge in [0.1, 0.15) is 11.6 Å². The second-order valence-corrected chi connectivity index (χ2v) is 17.8. The molecule has 7 aromatic rings. The third-order valence-electron chi connectivity index (χ3n) is 12.4. The van der Waals surface area contributed by atoms with Crippen molar-refractivity contribution in [1.82, 2.24) is 45.3 Å². The van der Waals surface area contributed by atoms with E-state index in [2.05, 4.69) is 37.7 Å². The first-order valence-electron chi connectivity index (χ1n) is 23.2. The number of rotatable bonds is 11. The predicted octanol–water partition coefficient (Wildman–Crippen LogP) is 9.82. The van der Waals surface area contributed by atoms with E-state index < -0.39 is 30.1 Å². The van der Waals surface area contributed by atoms with Crippen molar-refractivity contribution in [2.45, 2.75) is 59.3 Å². The number of nitrogens with one attached hydrogen (secondary N) is 1. The van der Waals surface area contributed by atoms with E-state index in [-0.39, 0.29) is 59.4 Å². The number of carbonyl (C=O) groups excluding carboxylic acids is 2. The summed E-state index contributed by atoms with van der Waals surface area (Å²) < 4.78 is 86.2. The summed E-state index contributed by atoms with van der Waals surface area (Å²) in [6.45, 7) is 10.3. The normalized spacial score (nSPS) is 15.1. The largest absolute Gasteiger partial charge is 0.418 e. The van der Waals surface area contributed by atoms with Crippen molar-refractivity contribution >= 4 is 34.3 Å². The Hall–Kier alpha value is -7.26. The topological polar surface area (TPSA) is 164 Å². The summed E-state index contributed by atoms with van der Waals surface area (Å²) in [6.07, 6.45) is -0.729. The number of fused-ring (bicyclic) bond motifs is 1. The van der Waals surface area contributed by atoms with Gasteiger partial charge in [-0.2, -0.15) is 13.9 Å². The lowest BCUT2D eigenvalue weighted by Crippen LogP contribution is -2.68. The fraction of sp³-hybridized carbons (Fsp3) is 0.380. The number of aryl methyl sites for hydroxylation is 2. The van der Waals surface area contributed by atoms with Crippen molar-refractivity contribution in [3.63, 3.8) is 0 Å². The van der Waals surface area contributed by atoms with Crippen LogP contribution in [0, 0.1) is 24.0 Å². The van der Waals surface area contributed by atoms with Crippen molar-refractivity contribution in [3.8, 4) is 22.9 Å². The minimum absolute atomic E-state index is 0.0169. The summed E-state index contributed by atoms with van der Waals surface area (Å²) in [5.74, 6) is -2.27. The van der Waals surface area contributed by atoms with Crippen LogP contribution >= 0.6 is 0 Å². The first-order valence-corrected chi connectivity index (χ1v) is 23.2. The molecule has 1 spiro atoms. The van der Waals surface area contributed by atoms with E-state index in [1.165, 1.54) is 30.0 Å². The van der Waals surface area contributed by atoms with E-state index >= 15 is 8.78 Å². The van der Waals surface area contributed by atoms with Gasteiger partial charge in [0.15, 0.2) is 6.17 Å². The summed E-state index contributed by atoms with van der Waals surface area (Å²) >= 11 is 0. The number of amides is 4. The quantitative estimate of drug-likeness (QED) is 0.123. The first-order chi connectivity index (χ1) is 34.1. The number of halogens is 5. The molecule has 3 aliphatic rings. The molecule has 0 bridgehead atoms. The fourth-order valence-electron chi connectivity index (χ4n) is 8.27. The predicted molar refractivity (Wildman–Crippen MR) is 254 cm³/mol. The zero-order valence-electron chi connectivity index (χ0n) is 39.9. The Labute approximate surface area is 406 Å². The number of urea groups is 2. The molecule has 16 nitrogen and oxygen atoms in total. The SMILES string of the molecule is CCNC.Cc1cccc(N(Cc2ccc(-c3nnc(C(C)F)o3)cc2F)C(=O)N2CC3(COC3)C2)c1.Cn1ncc2ccc(N(Cc3ccc(-c4nnc(C(F)F)o4)cc3F)C(=O)N3CCCC3)cc21. The molecule has 6 heterocycles. The molecule has 71 heavy (non-hydrogen) atoms. The molecule has 21 heteroatoms. The zero-order chi connectivity index (χ0) is 50.4. The Morgan fingerprint density at radius 1 is 0.761 bits per heavy atom. The molecule has 3 aliphatic heterocycles. The molecule has 4 aromatic carbocycles. The number of nitrogens with zero attached hydrogens (tertiary/aromatic N) is 10. The Kier molecular flexibility index (Phi) is 15.4. The van der Waals surface area contributed by atoms with Crippen LogP contribution in [0.4, 0.5) is 42.9 Å². The summed E-state index contributed by atoms with van der Waals surface area (Å²) in [4.78, 5) is 33.4. The molecular formula is C50H54F5N11O5. The molecule has 3 fully saturated rings. The van der Waals surface area contributed by atoms with Gasteiger partial charge in [0, 0.05) is 72.2 Å². The summed E-state index contributed by atoms with van der Waals surface area (Å²) in [7, 11) is 3.74. The molecule has 0 radical (unpaired) electrons. The van der Waals surface area contributed by atoms with Crippen LogP contribution in [0.25, 0.3) is 33.8 Å². The molecule has 3 aromatic heterocycles. The smallest absolute Gasteiger partial charge is 0.324 e. The summed E-state index contributed by atoms with van der Waals surface area (Å²) in [5, 5.41) is 22.4. The van der Waals surface area contributed by atoms with Crippen molar-refractivity contribution in [1.29, 1.82) is 0 Å². The van der Waals surface area contributed by atoms with E-state index in [1.807, 2.05) is 63.5 Å². The maximum Gasteiger partial charge on any atom is 0.324 e. The molecule has 10 rings (SSSR count). The van der Waals surface area contributed by atoms with Crippen LogP contribution in [0.15, 0.2) is 93.9 Å². The highest BCUT2D eigenvalue weighted by Gasteiger charge is 2.51.